The van der Waals surface area contributed by atoms with Gasteiger partial charge in [0.2, 0.25) is 6.79 Å². The molecule has 6 nitrogen and oxygen atoms in total. The van der Waals surface area contributed by atoms with Crippen LogP contribution in [-0.4, -0.2) is 17.9 Å². The highest BCUT2D eigenvalue weighted by Crippen LogP contribution is 2.40. The van der Waals surface area contributed by atoms with Gasteiger partial charge in [0.15, 0.2) is 16.7 Å². The van der Waals surface area contributed by atoms with Gasteiger partial charge in [0.05, 0.1) is 16.2 Å². The maximum Gasteiger partial charge on any atom is 0.271 e. The van der Waals surface area contributed by atoms with Gasteiger partial charge in [-0.15, -0.1) is 0 Å². The second kappa shape index (κ2) is 6.82. The molecular weight excluding hydrogens is 395 g/mol. The van der Waals surface area contributed by atoms with Crippen LogP contribution in [0.15, 0.2) is 63.9 Å². The van der Waals surface area contributed by atoms with Crippen molar-refractivity contribution in [1.29, 1.82) is 5.41 Å². The molecule has 2 aliphatic heterocycles. The Balaban J connectivity index is 1.43. The number of hydrogen-bond donors (Lipinski definition) is 1. The first kappa shape index (κ1) is 17.6. The summed E-state index contributed by atoms with van der Waals surface area (Å²) in [6.07, 6.45) is 1.55. The van der Waals surface area contributed by atoms with Crippen LogP contribution in [0.3, 0.4) is 0 Å². The van der Waals surface area contributed by atoms with Crippen molar-refractivity contribution >= 4 is 34.6 Å². The number of carbonyl (C=O) groups excluding carboxylic acids is 1. The number of nitrogens with one attached hydrogen (secondary N) is 1. The van der Waals surface area contributed by atoms with Crippen LogP contribution in [0.25, 0.3) is 17.4 Å². The zero-order valence-electron chi connectivity index (χ0n) is 14.8. The lowest BCUT2D eigenvalue weighted by Gasteiger charge is -2.14. The van der Waals surface area contributed by atoms with Gasteiger partial charge < -0.3 is 13.9 Å². The molecule has 0 unspecified atom stereocenters. The number of amidine groups is 1. The third-order valence-corrected chi connectivity index (χ3v) is 5.37. The Kier molecular flexibility index (Phi) is 4.13. The summed E-state index contributed by atoms with van der Waals surface area (Å²) >= 11 is 1.03. The molecule has 1 amide bonds. The van der Waals surface area contributed by atoms with Crippen molar-refractivity contribution in [1.82, 2.24) is 0 Å². The van der Waals surface area contributed by atoms with Crippen LogP contribution in [-0.2, 0) is 4.79 Å². The normalized spacial score (nSPS) is 16.9. The zero-order chi connectivity index (χ0) is 20.0. The molecule has 0 radical (unpaired) electrons. The minimum absolute atomic E-state index is 0.0704. The largest absolute Gasteiger partial charge is 0.457 e. The maximum atomic E-state index is 13.9. The summed E-state index contributed by atoms with van der Waals surface area (Å²) in [6, 6.07) is 14.7. The Bertz CT molecular complexity index is 1190. The number of furan rings is 1. The SMILES string of the molecule is N=C1S/C(=C/c2ccc(-c3ccccc3F)o2)C(=O)N1c1ccc2c(c1)OCO2. The predicted molar refractivity (Wildman–Crippen MR) is 107 cm³/mol. The molecule has 0 bridgehead atoms. The molecule has 1 aromatic heterocycles. The average molecular weight is 408 g/mol. The van der Waals surface area contributed by atoms with E-state index in [1.165, 1.54) is 11.0 Å². The first-order valence-electron chi connectivity index (χ1n) is 8.67. The molecule has 2 aromatic carbocycles. The van der Waals surface area contributed by atoms with Gasteiger partial charge >= 0.3 is 0 Å². The molecule has 0 atom stereocenters. The van der Waals surface area contributed by atoms with Crippen molar-refractivity contribution in [3.05, 3.63) is 71.1 Å². The number of thioether (sulfide) groups is 1. The number of rotatable bonds is 3. The van der Waals surface area contributed by atoms with E-state index in [4.69, 9.17) is 19.3 Å². The van der Waals surface area contributed by atoms with E-state index in [2.05, 4.69) is 0 Å². The van der Waals surface area contributed by atoms with E-state index < -0.39 is 0 Å². The topological polar surface area (TPSA) is 75.8 Å². The molecule has 5 rings (SSSR count). The number of anilines is 1. The molecule has 3 heterocycles. The minimum Gasteiger partial charge on any atom is -0.457 e. The number of ether oxygens (including phenoxy) is 2. The van der Waals surface area contributed by atoms with Crippen LogP contribution in [0.2, 0.25) is 0 Å². The number of hydrogen-bond acceptors (Lipinski definition) is 6. The number of fused-ring (bicyclic) bond motifs is 1. The van der Waals surface area contributed by atoms with Crippen molar-refractivity contribution in [2.45, 2.75) is 0 Å². The summed E-state index contributed by atoms with van der Waals surface area (Å²) in [4.78, 5) is 14.5. The van der Waals surface area contributed by atoms with Gasteiger partial charge in [0.25, 0.3) is 5.91 Å². The molecule has 144 valence electrons. The summed E-state index contributed by atoms with van der Waals surface area (Å²) in [5.74, 6) is 1.18. The van der Waals surface area contributed by atoms with Crippen LogP contribution in [0.1, 0.15) is 5.76 Å². The molecule has 1 saturated heterocycles. The van der Waals surface area contributed by atoms with Crippen LogP contribution in [0.5, 0.6) is 11.5 Å². The van der Waals surface area contributed by atoms with Crippen molar-refractivity contribution in [3.8, 4) is 22.8 Å². The van der Waals surface area contributed by atoms with Gasteiger partial charge in [-0.1, -0.05) is 12.1 Å². The minimum atomic E-state index is -0.386. The molecule has 2 aliphatic rings. The average Bonchev–Trinajstić information content (AvgIpc) is 3.42. The molecule has 8 heteroatoms. The van der Waals surface area contributed by atoms with E-state index in [0.717, 1.165) is 11.8 Å². The lowest BCUT2D eigenvalue weighted by Crippen LogP contribution is -2.28. The highest BCUT2D eigenvalue weighted by Gasteiger charge is 2.34. The lowest BCUT2D eigenvalue weighted by molar-refractivity contribution is -0.113. The molecule has 3 aromatic rings. The molecule has 0 spiro atoms. The van der Waals surface area contributed by atoms with Crippen molar-refractivity contribution < 1.29 is 23.1 Å². The van der Waals surface area contributed by atoms with Crippen molar-refractivity contribution in [2.24, 2.45) is 0 Å². The summed E-state index contributed by atoms with van der Waals surface area (Å²) in [5, 5.41) is 8.28. The molecule has 0 aliphatic carbocycles. The van der Waals surface area contributed by atoms with E-state index in [1.807, 2.05) is 0 Å². The van der Waals surface area contributed by atoms with Gasteiger partial charge in [-0.25, -0.2) is 4.39 Å². The fourth-order valence-corrected chi connectivity index (χ4v) is 3.95. The molecule has 29 heavy (non-hydrogen) atoms. The van der Waals surface area contributed by atoms with Gasteiger partial charge in [-0.3, -0.25) is 15.1 Å². The van der Waals surface area contributed by atoms with Gasteiger partial charge in [-0.2, -0.15) is 0 Å². The number of nitrogens with zero attached hydrogens (tertiary/aromatic N) is 1. The zero-order valence-corrected chi connectivity index (χ0v) is 15.7. The maximum absolute atomic E-state index is 13.9. The summed E-state index contributed by atoms with van der Waals surface area (Å²) < 4.78 is 30.3. The van der Waals surface area contributed by atoms with Crippen LogP contribution >= 0.6 is 11.8 Å². The van der Waals surface area contributed by atoms with E-state index in [1.54, 1.807) is 54.6 Å². The highest BCUT2D eigenvalue weighted by atomic mass is 32.2. The predicted octanol–water partition coefficient (Wildman–Crippen LogP) is 4.87. The monoisotopic (exact) mass is 408 g/mol. The number of amides is 1. The highest BCUT2D eigenvalue weighted by molar-refractivity contribution is 8.19. The first-order valence-corrected chi connectivity index (χ1v) is 9.49. The molecular formula is C21H13FN2O4S. The standard InChI is InChI=1S/C21H13FN2O4S/c22-15-4-2-1-3-14(15)16-8-6-13(28-16)10-19-20(25)24(21(23)29-19)12-5-7-17-18(9-12)27-11-26-17/h1-10,23H,11H2/b19-10+,23-21?. The second-order valence-electron chi connectivity index (χ2n) is 6.28. The van der Waals surface area contributed by atoms with Crippen molar-refractivity contribution in [2.75, 3.05) is 11.7 Å². The fourth-order valence-electron chi connectivity index (χ4n) is 3.11. The molecule has 1 fully saturated rings. The van der Waals surface area contributed by atoms with Crippen LogP contribution < -0.4 is 14.4 Å². The van der Waals surface area contributed by atoms with Crippen molar-refractivity contribution in [3.63, 3.8) is 0 Å². The Morgan fingerprint density at radius 1 is 1.07 bits per heavy atom. The Labute approximate surface area is 169 Å². The van der Waals surface area contributed by atoms with Gasteiger partial charge in [0, 0.05) is 12.1 Å². The third-order valence-electron chi connectivity index (χ3n) is 4.48. The Hall–Kier alpha value is -3.52. The van der Waals surface area contributed by atoms with E-state index in [0.29, 0.717) is 39.2 Å². The number of benzene rings is 2. The van der Waals surface area contributed by atoms with Crippen LogP contribution in [0, 0.1) is 11.2 Å². The first-order chi connectivity index (χ1) is 14.1. The number of halogens is 1. The second-order valence-corrected chi connectivity index (χ2v) is 7.31. The lowest BCUT2D eigenvalue weighted by atomic mass is 10.1. The summed E-state index contributed by atoms with van der Waals surface area (Å²) in [6.45, 7) is 0.132. The van der Waals surface area contributed by atoms with Gasteiger partial charge in [-0.05, 0) is 48.2 Å². The van der Waals surface area contributed by atoms with Gasteiger partial charge in [0.1, 0.15) is 17.3 Å². The van der Waals surface area contributed by atoms with E-state index in [-0.39, 0.29) is 23.7 Å². The quantitative estimate of drug-likeness (QED) is 0.626. The number of carbonyl (C=O) groups is 1. The van der Waals surface area contributed by atoms with E-state index >= 15 is 0 Å². The summed E-state index contributed by atoms with van der Waals surface area (Å²) in [5.41, 5.74) is 0.865. The molecule has 1 N–H and O–H groups in total. The summed E-state index contributed by atoms with van der Waals surface area (Å²) in [7, 11) is 0. The third kappa shape index (κ3) is 3.07. The van der Waals surface area contributed by atoms with Crippen LogP contribution in [0.4, 0.5) is 10.1 Å². The fraction of sp³-hybridized carbons (Fsp3) is 0.0476. The molecule has 0 saturated carbocycles. The smallest absolute Gasteiger partial charge is 0.271 e. The van der Waals surface area contributed by atoms with E-state index in [9.17, 15) is 9.18 Å². The Morgan fingerprint density at radius 2 is 1.90 bits per heavy atom. The Morgan fingerprint density at radius 3 is 2.76 bits per heavy atom.